The fourth-order valence-corrected chi connectivity index (χ4v) is 1.82. The summed E-state index contributed by atoms with van der Waals surface area (Å²) in [7, 11) is 0. The number of imidazole rings is 1. The van der Waals surface area contributed by atoms with Crippen molar-refractivity contribution in [2.45, 2.75) is 38.8 Å². The predicted octanol–water partition coefficient (Wildman–Crippen LogP) is 1.85. The number of H-pyrrole nitrogens is 1. The highest BCUT2D eigenvalue weighted by Gasteiger charge is 2.14. The van der Waals surface area contributed by atoms with E-state index >= 15 is 0 Å². The summed E-state index contributed by atoms with van der Waals surface area (Å²) in [5, 5.41) is 13.3. The van der Waals surface area contributed by atoms with Crippen LogP contribution in [0, 0.1) is 0 Å². The number of fused-ring (bicyclic) bond motifs is 1. The smallest absolute Gasteiger partial charge is 0.109 e. The van der Waals surface area contributed by atoms with E-state index in [2.05, 4.69) is 36.1 Å². The van der Waals surface area contributed by atoms with E-state index in [0.717, 1.165) is 16.9 Å². The Balaban J connectivity index is 1.96. The van der Waals surface area contributed by atoms with Gasteiger partial charge in [-0.05, 0) is 32.9 Å². The number of nitrogens with zero attached hydrogens (tertiary/aromatic N) is 1. The molecule has 4 nitrogen and oxygen atoms in total. The highest BCUT2D eigenvalue weighted by atomic mass is 16.3. The van der Waals surface area contributed by atoms with Crippen molar-refractivity contribution in [2.75, 3.05) is 6.54 Å². The van der Waals surface area contributed by atoms with Crippen molar-refractivity contribution in [3.8, 4) is 0 Å². The molecule has 0 spiro atoms. The molecule has 0 saturated heterocycles. The van der Waals surface area contributed by atoms with Gasteiger partial charge in [0.25, 0.3) is 0 Å². The summed E-state index contributed by atoms with van der Waals surface area (Å²) in [5.41, 5.74) is 1.99. The minimum Gasteiger partial charge on any atom is -0.391 e. The number of hydrogen-bond donors (Lipinski definition) is 3. The number of aliphatic hydroxyl groups is 1. The Kier molecular flexibility index (Phi) is 3.68. The first kappa shape index (κ1) is 13.1. The average molecular weight is 247 g/mol. The van der Waals surface area contributed by atoms with Gasteiger partial charge in [-0.15, -0.1) is 0 Å². The minimum absolute atomic E-state index is 0.0227. The molecule has 4 heteroatoms. The highest BCUT2D eigenvalue weighted by Crippen LogP contribution is 2.11. The topological polar surface area (TPSA) is 60.9 Å². The van der Waals surface area contributed by atoms with E-state index in [-0.39, 0.29) is 5.54 Å². The molecular weight excluding hydrogens is 226 g/mol. The molecule has 1 atom stereocenters. The summed E-state index contributed by atoms with van der Waals surface area (Å²) < 4.78 is 0. The lowest BCUT2D eigenvalue weighted by atomic mass is 10.1. The molecule has 0 aliphatic heterocycles. The Morgan fingerprint density at radius 1 is 1.33 bits per heavy atom. The molecule has 2 aromatic rings. The van der Waals surface area contributed by atoms with Crippen LogP contribution >= 0.6 is 0 Å². The third kappa shape index (κ3) is 3.55. The van der Waals surface area contributed by atoms with Gasteiger partial charge in [0, 0.05) is 18.5 Å². The lowest BCUT2D eigenvalue weighted by molar-refractivity contribution is 0.159. The third-order valence-electron chi connectivity index (χ3n) is 2.74. The van der Waals surface area contributed by atoms with Crippen LogP contribution in [0.4, 0.5) is 0 Å². The summed E-state index contributed by atoms with van der Waals surface area (Å²) in [5.74, 6) is 0.833. The summed E-state index contributed by atoms with van der Waals surface area (Å²) in [4.78, 5) is 7.68. The number of benzene rings is 1. The van der Waals surface area contributed by atoms with Crippen LogP contribution in [-0.2, 0) is 6.42 Å². The maximum atomic E-state index is 9.97. The van der Waals surface area contributed by atoms with Crippen LogP contribution in [0.5, 0.6) is 0 Å². The fourth-order valence-electron chi connectivity index (χ4n) is 1.82. The quantitative estimate of drug-likeness (QED) is 0.772. The van der Waals surface area contributed by atoms with Crippen LogP contribution in [0.15, 0.2) is 24.3 Å². The van der Waals surface area contributed by atoms with Crippen molar-refractivity contribution < 1.29 is 5.11 Å². The van der Waals surface area contributed by atoms with E-state index in [0.29, 0.717) is 13.0 Å². The van der Waals surface area contributed by atoms with Crippen molar-refractivity contribution in [3.05, 3.63) is 30.1 Å². The SMILES string of the molecule is CC(C)(C)NC[C@@H](O)Cc1nc2ccccc2[nH]1. The van der Waals surface area contributed by atoms with Gasteiger partial charge in [-0.2, -0.15) is 0 Å². The van der Waals surface area contributed by atoms with Crippen LogP contribution in [0.3, 0.4) is 0 Å². The molecule has 0 aliphatic carbocycles. The average Bonchev–Trinajstić information content (AvgIpc) is 2.67. The molecular formula is C14H21N3O. The van der Waals surface area contributed by atoms with Crippen molar-refractivity contribution >= 4 is 11.0 Å². The zero-order valence-corrected chi connectivity index (χ0v) is 11.2. The molecule has 1 heterocycles. The Morgan fingerprint density at radius 2 is 2.06 bits per heavy atom. The van der Waals surface area contributed by atoms with Gasteiger partial charge in [0.05, 0.1) is 17.1 Å². The molecule has 0 saturated carbocycles. The van der Waals surface area contributed by atoms with Crippen LogP contribution < -0.4 is 5.32 Å². The van der Waals surface area contributed by atoms with Crippen LogP contribution in [0.1, 0.15) is 26.6 Å². The molecule has 0 unspecified atom stereocenters. The first-order valence-electron chi connectivity index (χ1n) is 6.31. The molecule has 0 fully saturated rings. The normalized spacial score (nSPS) is 14.0. The van der Waals surface area contributed by atoms with Gasteiger partial charge in [-0.3, -0.25) is 0 Å². The number of aliphatic hydroxyl groups excluding tert-OH is 1. The molecule has 1 aromatic heterocycles. The van der Waals surface area contributed by atoms with Gasteiger partial charge in [0.2, 0.25) is 0 Å². The maximum absolute atomic E-state index is 9.97. The van der Waals surface area contributed by atoms with Gasteiger partial charge in [0.15, 0.2) is 0 Å². The molecule has 2 rings (SSSR count). The molecule has 0 radical (unpaired) electrons. The first-order chi connectivity index (χ1) is 8.44. The number of hydrogen-bond acceptors (Lipinski definition) is 3. The molecule has 0 aliphatic rings. The van der Waals surface area contributed by atoms with E-state index in [1.807, 2.05) is 24.3 Å². The number of nitrogens with one attached hydrogen (secondary N) is 2. The van der Waals surface area contributed by atoms with E-state index in [9.17, 15) is 5.11 Å². The summed E-state index contributed by atoms with van der Waals surface area (Å²) in [6, 6.07) is 7.90. The largest absolute Gasteiger partial charge is 0.391 e. The van der Waals surface area contributed by atoms with Crippen LogP contribution in [0.2, 0.25) is 0 Å². The number of aromatic amines is 1. The Labute approximate surface area is 107 Å². The minimum atomic E-state index is -0.426. The van der Waals surface area contributed by atoms with Gasteiger partial charge in [0.1, 0.15) is 5.82 Å². The maximum Gasteiger partial charge on any atom is 0.109 e. The lowest BCUT2D eigenvalue weighted by Gasteiger charge is -2.22. The van der Waals surface area contributed by atoms with Crippen molar-refractivity contribution in [3.63, 3.8) is 0 Å². The molecule has 98 valence electrons. The Bertz CT molecular complexity index is 480. The predicted molar refractivity (Wildman–Crippen MR) is 73.6 cm³/mol. The first-order valence-corrected chi connectivity index (χ1v) is 6.31. The molecule has 3 N–H and O–H groups in total. The number of rotatable bonds is 4. The van der Waals surface area contributed by atoms with E-state index in [1.165, 1.54) is 0 Å². The van der Waals surface area contributed by atoms with Gasteiger partial charge in [-0.1, -0.05) is 12.1 Å². The van der Waals surface area contributed by atoms with Crippen molar-refractivity contribution in [1.29, 1.82) is 0 Å². The third-order valence-corrected chi connectivity index (χ3v) is 2.74. The molecule has 18 heavy (non-hydrogen) atoms. The standard InChI is InChI=1S/C14H21N3O/c1-14(2,3)15-9-10(18)8-13-16-11-6-4-5-7-12(11)17-13/h4-7,10,15,18H,8-9H2,1-3H3,(H,16,17)/t10-/m0/s1. The monoisotopic (exact) mass is 247 g/mol. The number of para-hydroxylation sites is 2. The lowest BCUT2D eigenvalue weighted by Crippen LogP contribution is -2.41. The molecule has 0 amide bonds. The second-order valence-electron chi connectivity index (χ2n) is 5.69. The van der Waals surface area contributed by atoms with E-state index in [1.54, 1.807) is 0 Å². The zero-order chi connectivity index (χ0) is 13.2. The zero-order valence-electron chi connectivity index (χ0n) is 11.2. The van der Waals surface area contributed by atoms with Gasteiger partial charge < -0.3 is 15.4 Å². The van der Waals surface area contributed by atoms with Gasteiger partial charge >= 0.3 is 0 Å². The molecule has 1 aromatic carbocycles. The molecule has 0 bridgehead atoms. The highest BCUT2D eigenvalue weighted by molar-refractivity contribution is 5.74. The number of β-amino-alcohol motifs (C(OH)–C–C–N with tert-alkyl or cyclic N) is 1. The second-order valence-corrected chi connectivity index (χ2v) is 5.69. The second kappa shape index (κ2) is 5.08. The summed E-state index contributed by atoms with van der Waals surface area (Å²) >= 11 is 0. The van der Waals surface area contributed by atoms with Gasteiger partial charge in [-0.25, -0.2) is 4.98 Å². The van der Waals surface area contributed by atoms with E-state index < -0.39 is 6.10 Å². The fraction of sp³-hybridized carbons (Fsp3) is 0.500. The number of aromatic nitrogens is 2. The summed E-state index contributed by atoms with van der Waals surface area (Å²) in [6.45, 7) is 6.82. The van der Waals surface area contributed by atoms with Crippen LogP contribution in [0.25, 0.3) is 11.0 Å². The van der Waals surface area contributed by atoms with Crippen molar-refractivity contribution in [2.24, 2.45) is 0 Å². The Hall–Kier alpha value is -1.39. The Morgan fingerprint density at radius 3 is 2.72 bits per heavy atom. The summed E-state index contributed by atoms with van der Waals surface area (Å²) in [6.07, 6.45) is 0.113. The van der Waals surface area contributed by atoms with E-state index in [4.69, 9.17) is 0 Å². The van der Waals surface area contributed by atoms with Crippen LogP contribution in [-0.4, -0.2) is 33.3 Å². The van der Waals surface area contributed by atoms with Crippen molar-refractivity contribution in [1.82, 2.24) is 15.3 Å².